The molecule has 162 valence electrons. The van der Waals surface area contributed by atoms with Gasteiger partial charge in [-0.1, -0.05) is 18.2 Å². The van der Waals surface area contributed by atoms with Crippen LogP contribution in [0.15, 0.2) is 36.4 Å². The molecular weight excluding hydrogens is 397 g/mol. The number of halogens is 1. The van der Waals surface area contributed by atoms with Crippen LogP contribution >= 0.6 is 0 Å². The van der Waals surface area contributed by atoms with Crippen molar-refractivity contribution in [3.63, 3.8) is 0 Å². The Hall–Kier alpha value is -2.97. The summed E-state index contributed by atoms with van der Waals surface area (Å²) >= 11 is 0. The van der Waals surface area contributed by atoms with Crippen molar-refractivity contribution >= 4 is 17.5 Å². The first-order valence-electron chi connectivity index (χ1n) is 10.6. The number of carbonyl (C=O) groups excluding carboxylic acids is 2. The zero-order chi connectivity index (χ0) is 21.8. The maximum Gasteiger partial charge on any atom is 0.256 e. The molecule has 2 heterocycles. The predicted octanol–water partition coefficient (Wildman–Crippen LogP) is 1.72. The lowest BCUT2D eigenvalue weighted by Gasteiger charge is -2.36. The first-order chi connectivity index (χ1) is 14.9. The van der Waals surface area contributed by atoms with Crippen LogP contribution in [0.4, 0.5) is 10.1 Å². The van der Waals surface area contributed by atoms with Gasteiger partial charge in [0.25, 0.3) is 5.91 Å². The van der Waals surface area contributed by atoms with E-state index in [-0.39, 0.29) is 17.4 Å². The fraction of sp³-hybridized carbons (Fsp3) is 0.391. The molecule has 0 atom stereocenters. The molecule has 2 aromatic rings. The van der Waals surface area contributed by atoms with Gasteiger partial charge in [0, 0.05) is 39.8 Å². The smallest absolute Gasteiger partial charge is 0.256 e. The van der Waals surface area contributed by atoms with Crippen LogP contribution in [0.5, 0.6) is 0 Å². The van der Waals surface area contributed by atoms with Crippen molar-refractivity contribution in [1.82, 2.24) is 15.2 Å². The number of nitrogens with zero attached hydrogens (tertiary/aromatic N) is 3. The van der Waals surface area contributed by atoms with Gasteiger partial charge in [-0.15, -0.1) is 0 Å². The molecular formula is C23H26FN5O2. The number of fused-ring (bicyclic) bond motifs is 1. The molecule has 31 heavy (non-hydrogen) atoms. The van der Waals surface area contributed by atoms with E-state index in [2.05, 4.69) is 5.43 Å². The number of nitrogens with two attached hydrogens (primary N) is 1. The van der Waals surface area contributed by atoms with Gasteiger partial charge in [-0.05, 0) is 47.7 Å². The highest BCUT2D eigenvalue weighted by Crippen LogP contribution is 2.34. The summed E-state index contributed by atoms with van der Waals surface area (Å²) in [6.07, 6.45) is 1.44. The summed E-state index contributed by atoms with van der Waals surface area (Å²) < 4.78 is 14.9. The van der Waals surface area contributed by atoms with Crippen LogP contribution in [0, 0.1) is 5.82 Å². The highest BCUT2D eigenvalue weighted by atomic mass is 19.1. The number of anilines is 1. The van der Waals surface area contributed by atoms with E-state index < -0.39 is 11.4 Å². The number of benzene rings is 2. The monoisotopic (exact) mass is 423 g/mol. The zero-order valence-corrected chi connectivity index (χ0v) is 17.5. The Morgan fingerprint density at radius 2 is 1.65 bits per heavy atom. The van der Waals surface area contributed by atoms with E-state index in [4.69, 9.17) is 5.73 Å². The highest BCUT2D eigenvalue weighted by molar-refractivity contribution is 5.95. The van der Waals surface area contributed by atoms with Gasteiger partial charge in [0.05, 0.1) is 16.8 Å². The molecule has 0 bridgehead atoms. The first kappa shape index (κ1) is 20.0. The summed E-state index contributed by atoms with van der Waals surface area (Å²) in [5.41, 5.74) is 12.5. The summed E-state index contributed by atoms with van der Waals surface area (Å²) in [7, 11) is 1.95. The minimum absolute atomic E-state index is 0.0367. The quantitative estimate of drug-likeness (QED) is 0.786. The molecule has 3 N–H and O–H groups in total. The number of piperazine rings is 1. The van der Waals surface area contributed by atoms with E-state index in [1.54, 1.807) is 21.9 Å². The summed E-state index contributed by atoms with van der Waals surface area (Å²) in [5, 5.41) is 1.95. The Bertz CT molecular complexity index is 1060. The second-order valence-corrected chi connectivity index (χ2v) is 8.67. The van der Waals surface area contributed by atoms with E-state index in [9.17, 15) is 14.0 Å². The maximum absolute atomic E-state index is 14.9. The topological polar surface area (TPSA) is 81.9 Å². The van der Waals surface area contributed by atoms with Gasteiger partial charge in [0.15, 0.2) is 0 Å². The lowest BCUT2D eigenvalue weighted by atomic mass is 10.0. The summed E-state index contributed by atoms with van der Waals surface area (Å²) in [6, 6.07) is 10.8. The fourth-order valence-corrected chi connectivity index (χ4v) is 4.31. The van der Waals surface area contributed by atoms with Crippen molar-refractivity contribution in [2.24, 2.45) is 5.73 Å². The molecule has 3 aliphatic rings. The third kappa shape index (κ3) is 3.55. The Balaban J connectivity index is 1.29. The van der Waals surface area contributed by atoms with Crippen molar-refractivity contribution in [1.29, 1.82) is 0 Å². The molecule has 1 saturated heterocycles. The Kier molecular flexibility index (Phi) is 4.71. The molecule has 2 aromatic carbocycles. The predicted molar refractivity (Wildman–Crippen MR) is 116 cm³/mol. The van der Waals surface area contributed by atoms with Gasteiger partial charge in [0.2, 0.25) is 5.91 Å². The molecule has 7 nitrogen and oxygen atoms in total. The minimum Gasteiger partial charge on any atom is -0.338 e. The molecule has 0 radical (unpaired) electrons. The van der Waals surface area contributed by atoms with Crippen LogP contribution in [0.25, 0.3) is 11.1 Å². The van der Waals surface area contributed by atoms with E-state index in [0.717, 1.165) is 36.2 Å². The second kappa shape index (κ2) is 7.32. The van der Waals surface area contributed by atoms with Crippen molar-refractivity contribution in [2.75, 3.05) is 38.2 Å². The van der Waals surface area contributed by atoms with Crippen molar-refractivity contribution in [3.8, 4) is 11.1 Å². The van der Waals surface area contributed by atoms with Crippen molar-refractivity contribution < 1.29 is 14.0 Å². The number of rotatable bonds is 3. The molecule has 2 aliphatic heterocycles. The lowest BCUT2D eigenvalue weighted by molar-refractivity contribution is -0.135. The van der Waals surface area contributed by atoms with Crippen LogP contribution in [0.1, 0.15) is 28.8 Å². The van der Waals surface area contributed by atoms with E-state index in [1.165, 1.54) is 11.6 Å². The van der Waals surface area contributed by atoms with Gasteiger partial charge in [-0.25, -0.2) is 9.82 Å². The van der Waals surface area contributed by atoms with Crippen molar-refractivity contribution in [2.45, 2.75) is 24.9 Å². The summed E-state index contributed by atoms with van der Waals surface area (Å²) in [5.74, 6) is -0.917. The molecule has 0 aromatic heterocycles. The molecule has 2 fully saturated rings. The number of nitrogens with one attached hydrogen (secondary N) is 1. The molecule has 5 rings (SSSR count). The molecule has 8 heteroatoms. The summed E-state index contributed by atoms with van der Waals surface area (Å²) in [4.78, 5) is 28.6. The number of hydrogen-bond donors (Lipinski definition) is 2. The third-order valence-corrected chi connectivity index (χ3v) is 6.55. The Morgan fingerprint density at radius 1 is 1.00 bits per heavy atom. The van der Waals surface area contributed by atoms with E-state index >= 15 is 0 Å². The fourth-order valence-electron chi connectivity index (χ4n) is 4.31. The second-order valence-electron chi connectivity index (χ2n) is 8.67. The molecule has 0 unspecified atom stereocenters. The SMILES string of the molecule is CN1NCc2ccc(-c3ccc(C(=O)N4CCN(C(=O)C5(N)CC5)CC4)c(F)c3)cc21. The third-order valence-electron chi connectivity index (χ3n) is 6.55. The van der Waals surface area contributed by atoms with Crippen LogP contribution in [0.2, 0.25) is 0 Å². The van der Waals surface area contributed by atoms with Crippen molar-refractivity contribution in [3.05, 3.63) is 53.3 Å². The highest BCUT2D eigenvalue weighted by Gasteiger charge is 2.48. The van der Waals surface area contributed by atoms with Gasteiger partial charge < -0.3 is 20.5 Å². The first-order valence-corrected chi connectivity index (χ1v) is 10.6. The number of amides is 2. The Morgan fingerprint density at radius 3 is 2.32 bits per heavy atom. The lowest BCUT2D eigenvalue weighted by Crippen LogP contribution is -2.55. The van der Waals surface area contributed by atoms with Gasteiger partial charge in [-0.2, -0.15) is 0 Å². The van der Waals surface area contributed by atoms with Gasteiger partial charge >= 0.3 is 0 Å². The number of hydrogen-bond acceptors (Lipinski definition) is 5. The van der Waals surface area contributed by atoms with E-state index in [1.807, 2.05) is 30.3 Å². The van der Waals surface area contributed by atoms with Crippen LogP contribution < -0.4 is 16.2 Å². The van der Waals surface area contributed by atoms with Gasteiger partial charge in [0.1, 0.15) is 5.82 Å². The minimum atomic E-state index is -0.698. The van der Waals surface area contributed by atoms with E-state index in [0.29, 0.717) is 26.2 Å². The standard InChI is InChI=1S/C23H26FN5O2/c1-27-20-13-16(2-3-17(20)14-26-27)15-4-5-18(19(24)12-15)21(30)28-8-10-29(11-9-28)22(31)23(25)6-7-23/h2-5,12-13,26H,6-11,14,25H2,1H3. The normalized spacial score (nSPS) is 19.4. The average Bonchev–Trinajstić information content (AvgIpc) is 3.44. The molecule has 1 saturated carbocycles. The Labute approximate surface area is 180 Å². The van der Waals surface area contributed by atoms with Gasteiger partial charge in [-0.3, -0.25) is 9.59 Å². The van der Waals surface area contributed by atoms with Crippen LogP contribution in [0.3, 0.4) is 0 Å². The number of hydrazine groups is 1. The zero-order valence-electron chi connectivity index (χ0n) is 17.5. The number of carbonyl (C=O) groups is 2. The average molecular weight is 423 g/mol. The molecule has 0 spiro atoms. The van der Waals surface area contributed by atoms with Crippen LogP contribution in [-0.4, -0.2) is 60.4 Å². The summed E-state index contributed by atoms with van der Waals surface area (Å²) in [6.45, 7) is 2.40. The molecule has 2 amide bonds. The largest absolute Gasteiger partial charge is 0.338 e. The van der Waals surface area contributed by atoms with Crippen LogP contribution in [-0.2, 0) is 11.3 Å². The maximum atomic E-state index is 14.9. The molecule has 1 aliphatic carbocycles.